The molecular weight excluding hydrogens is 387 g/mol. The van der Waals surface area contributed by atoms with Gasteiger partial charge in [-0.2, -0.15) is 8.78 Å². The number of ketones is 1. The fraction of sp³-hybridized carbons (Fsp3) is 0.353. The molecule has 2 heterocycles. The number of allylic oxidation sites excluding steroid dienone is 2. The van der Waals surface area contributed by atoms with Crippen LogP contribution in [0.25, 0.3) is 0 Å². The second-order valence-electron chi connectivity index (χ2n) is 6.06. The normalized spacial score (nSPS) is 22.2. The van der Waals surface area contributed by atoms with Crippen LogP contribution in [0.2, 0.25) is 0 Å². The van der Waals surface area contributed by atoms with Gasteiger partial charge < -0.3 is 14.7 Å². The fourth-order valence-corrected chi connectivity index (χ4v) is 4.03. The van der Waals surface area contributed by atoms with E-state index in [1.807, 2.05) is 0 Å². The molecule has 1 aliphatic carbocycles. The number of thiophene rings is 1. The van der Waals surface area contributed by atoms with Gasteiger partial charge in [-0.25, -0.2) is 4.39 Å². The van der Waals surface area contributed by atoms with E-state index in [1.165, 1.54) is 17.2 Å². The summed E-state index contributed by atoms with van der Waals surface area (Å²) in [7, 11) is 0. The number of ether oxygens (including phenoxy) is 1. The molecule has 1 aromatic rings. The van der Waals surface area contributed by atoms with E-state index >= 15 is 0 Å². The summed E-state index contributed by atoms with van der Waals surface area (Å²) < 4.78 is 42.8. The number of carbonyl (C=O) groups is 3. The maximum Gasteiger partial charge on any atom is 0.388 e. The third kappa shape index (κ3) is 3.61. The van der Waals surface area contributed by atoms with Crippen LogP contribution in [0.1, 0.15) is 30.1 Å². The maximum absolute atomic E-state index is 14.0. The molecule has 0 saturated carbocycles. The molecule has 2 aliphatic rings. The van der Waals surface area contributed by atoms with Crippen molar-refractivity contribution in [3.8, 4) is 5.06 Å². The Bertz CT molecular complexity index is 876. The lowest BCUT2D eigenvalue weighted by Gasteiger charge is -2.30. The average Bonchev–Trinajstić information content (AvgIpc) is 3.11. The van der Waals surface area contributed by atoms with E-state index in [4.69, 9.17) is 5.11 Å². The zero-order valence-electron chi connectivity index (χ0n) is 13.9. The van der Waals surface area contributed by atoms with Gasteiger partial charge in [0.25, 0.3) is 5.91 Å². The number of halogens is 3. The molecule has 0 fully saturated rings. The minimum absolute atomic E-state index is 0.0539. The minimum Gasteiger partial charge on any atom is -0.481 e. The molecule has 0 aromatic carbocycles. The highest BCUT2D eigenvalue weighted by Gasteiger charge is 2.44. The first-order valence-electron chi connectivity index (χ1n) is 7.87. The molecule has 1 aromatic heterocycles. The molecular formula is C17H14F3NO5S. The van der Waals surface area contributed by atoms with Crippen LogP contribution < -0.4 is 4.74 Å². The van der Waals surface area contributed by atoms with Gasteiger partial charge in [0.2, 0.25) is 0 Å². The van der Waals surface area contributed by atoms with E-state index < -0.39 is 42.9 Å². The summed E-state index contributed by atoms with van der Waals surface area (Å²) in [4.78, 5) is 37.0. The number of carboxylic acids is 1. The third-order valence-electron chi connectivity index (χ3n) is 4.43. The number of carboxylic acid groups (broad SMARTS) is 1. The van der Waals surface area contributed by atoms with Crippen molar-refractivity contribution in [2.24, 2.45) is 0 Å². The number of rotatable bonds is 5. The number of nitrogens with zero attached hydrogens (tertiary/aromatic N) is 1. The van der Waals surface area contributed by atoms with Crippen LogP contribution in [0.3, 0.4) is 0 Å². The van der Waals surface area contributed by atoms with Crippen LogP contribution in [0.4, 0.5) is 13.2 Å². The Balaban J connectivity index is 1.97. The molecule has 0 saturated heterocycles. The number of alkyl halides is 3. The Hall–Kier alpha value is -2.62. The monoisotopic (exact) mass is 401 g/mol. The lowest BCUT2D eigenvalue weighted by atomic mass is 9.88. The molecule has 0 spiro atoms. The number of carbonyl (C=O) groups excluding carboxylic acids is 2. The molecule has 1 amide bonds. The third-order valence-corrected chi connectivity index (χ3v) is 5.25. The SMILES string of the molecule is CC1=C(CC(=O)O)C2=CC(=O)C(F)CC2N1C(=O)c1csc(OC(F)F)c1. The second-order valence-corrected chi connectivity index (χ2v) is 6.94. The molecule has 2 unspecified atom stereocenters. The van der Waals surface area contributed by atoms with Crippen LogP contribution in [0.5, 0.6) is 5.06 Å². The Labute approximate surface area is 155 Å². The summed E-state index contributed by atoms with van der Waals surface area (Å²) in [6.07, 6.45) is -1.47. The summed E-state index contributed by atoms with van der Waals surface area (Å²) in [5, 5.41) is 10.3. The van der Waals surface area contributed by atoms with Crippen LogP contribution in [0, 0.1) is 0 Å². The lowest BCUT2D eigenvalue weighted by molar-refractivity contribution is -0.136. The first-order valence-corrected chi connectivity index (χ1v) is 8.75. The van der Waals surface area contributed by atoms with Gasteiger partial charge in [-0.05, 0) is 24.1 Å². The highest BCUT2D eigenvalue weighted by molar-refractivity contribution is 7.12. The Kier molecular flexibility index (Phi) is 5.09. The molecule has 1 aliphatic heterocycles. The highest BCUT2D eigenvalue weighted by atomic mass is 32.1. The van der Waals surface area contributed by atoms with Crippen LogP contribution in [0.15, 0.2) is 34.4 Å². The molecule has 0 bridgehead atoms. The maximum atomic E-state index is 14.0. The van der Waals surface area contributed by atoms with Crippen molar-refractivity contribution in [3.63, 3.8) is 0 Å². The van der Waals surface area contributed by atoms with E-state index in [0.717, 1.165) is 23.5 Å². The van der Waals surface area contributed by atoms with Crippen molar-refractivity contribution < 1.29 is 37.4 Å². The van der Waals surface area contributed by atoms with Crippen molar-refractivity contribution in [3.05, 3.63) is 39.9 Å². The number of amides is 1. The molecule has 3 rings (SSSR count). The van der Waals surface area contributed by atoms with E-state index in [2.05, 4.69) is 4.74 Å². The molecule has 2 atom stereocenters. The standard InChI is InChI=1S/C17H14F3NO5S/c1-7-9(4-14(23)24)10-3-13(22)11(18)5-12(10)21(7)16(25)8-2-15(27-6-8)26-17(19)20/h2-3,6,11-12,17H,4-5H2,1H3,(H,23,24). The summed E-state index contributed by atoms with van der Waals surface area (Å²) in [6.45, 7) is -1.52. The number of fused-ring (bicyclic) bond motifs is 1. The van der Waals surface area contributed by atoms with Crippen LogP contribution in [-0.4, -0.2) is 46.5 Å². The molecule has 144 valence electrons. The molecule has 27 heavy (non-hydrogen) atoms. The van der Waals surface area contributed by atoms with Crippen molar-refractivity contribution in [1.29, 1.82) is 0 Å². The van der Waals surface area contributed by atoms with E-state index in [0.29, 0.717) is 11.3 Å². The quantitative estimate of drug-likeness (QED) is 0.820. The summed E-state index contributed by atoms with van der Waals surface area (Å²) >= 11 is 0.805. The predicted octanol–water partition coefficient (Wildman–Crippen LogP) is 3.16. The van der Waals surface area contributed by atoms with Gasteiger partial charge >= 0.3 is 12.6 Å². The number of aliphatic carboxylic acids is 1. The van der Waals surface area contributed by atoms with Gasteiger partial charge in [0.1, 0.15) is 0 Å². The van der Waals surface area contributed by atoms with Crippen molar-refractivity contribution in [2.45, 2.75) is 38.6 Å². The van der Waals surface area contributed by atoms with E-state index in [-0.39, 0.29) is 22.6 Å². The average molecular weight is 401 g/mol. The largest absolute Gasteiger partial charge is 0.481 e. The number of hydrogen-bond acceptors (Lipinski definition) is 5. The van der Waals surface area contributed by atoms with Gasteiger partial charge in [0.05, 0.1) is 18.0 Å². The lowest BCUT2D eigenvalue weighted by Crippen LogP contribution is -2.41. The first-order chi connectivity index (χ1) is 12.7. The second kappa shape index (κ2) is 7.18. The van der Waals surface area contributed by atoms with Gasteiger partial charge in [-0.1, -0.05) is 0 Å². The predicted molar refractivity (Wildman–Crippen MR) is 88.5 cm³/mol. The van der Waals surface area contributed by atoms with E-state index in [1.54, 1.807) is 0 Å². The van der Waals surface area contributed by atoms with Crippen molar-refractivity contribution in [2.75, 3.05) is 0 Å². The first kappa shape index (κ1) is 19.2. The molecule has 6 nitrogen and oxygen atoms in total. The zero-order chi connectivity index (χ0) is 19.9. The molecule has 1 N–H and O–H groups in total. The minimum atomic E-state index is -3.03. The summed E-state index contributed by atoms with van der Waals surface area (Å²) in [6, 6.07) is 0.324. The van der Waals surface area contributed by atoms with Crippen molar-refractivity contribution in [1.82, 2.24) is 4.90 Å². The summed E-state index contributed by atoms with van der Waals surface area (Å²) in [5.41, 5.74) is 0.933. The number of hydrogen-bond donors (Lipinski definition) is 1. The Morgan fingerprint density at radius 2 is 2.15 bits per heavy atom. The zero-order valence-corrected chi connectivity index (χ0v) is 14.8. The Morgan fingerprint density at radius 3 is 2.78 bits per heavy atom. The van der Waals surface area contributed by atoms with E-state index in [9.17, 15) is 27.6 Å². The molecule has 0 radical (unpaired) electrons. The smallest absolute Gasteiger partial charge is 0.388 e. The van der Waals surface area contributed by atoms with Crippen LogP contribution in [-0.2, 0) is 9.59 Å². The Morgan fingerprint density at radius 1 is 1.44 bits per heavy atom. The van der Waals surface area contributed by atoms with Crippen molar-refractivity contribution >= 4 is 29.0 Å². The topological polar surface area (TPSA) is 83.9 Å². The summed E-state index contributed by atoms with van der Waals surface area (Å²) in [5.74, 6) is -2.53. The molecule has 10 heteroatoms. The highest BCUT2D eigenvalue weighted by Crippen LogP contribution is 2.41. The van der Waals surface area contributed by atoms with Crippen LogP contribution >= 0.6 is 11.3 Å². The van der Waals surface area contributed by atoms with Gasteiger partial charge in [0, 0.05) is 23.6 Å². The van der Waals surface area contributed by atoms with Gasteiger partial charge in [0.15, 0.2) is 17.0 Å². The van der Waals surface area contributed by atoms with Gasteiger partial charge in [-0.15, -0.1) is 11.3 Å². The van der Waals surface area contributed by atoms with Gasteiger partial charge in [-0.3, -0.25) is 14.4 Å². The fourth-order valence-electron chi connectivity index (χ4n) is 3.29.